The number of nitrogens with zero attached hydrogens (tertiary/aromatic N) is 1. The van der Waals surface area contributed by atoms with Crippen molar-refractivity contribution in [2.75, 3.05) is 4.90 Å². The van der Waals surface area contributed by atoms with E-state index in [9.17, 15) is 0 Å². The molecule has 0 N–H and O–H groups in total. The summed E-state index contributed by atoms with van der Waals surface area (Å²) in [6.45, 7) is 0. The summed E-state index contributed by atoms with van der Waals surface area (Å²) in [5.41, 5.74) is 20.6. The third-order valence-electron chi connectivity index (χ3n) is 13.7. The highest BCUT2D eigenvalue weighted by Gasteiger charge is 2.43. The van der Waals surface area contributed by atoms with Crippen LogP contribution < -0.4 is 4.90 Å². The van der Waals surface area contributed by atoms with Crippen molar-refractivity contribution >= 4 is 39.0 Å². The number of hydrogen-bond acceptors (Lipinski definition) is 2. The number of benzene rings is 9. The topological polar surface area (TPSA) is 16.4 Å². The number of para-hydroxylation sites is 2. The van der Waals surface area contributed by atoms with Crippen LogP contribution in [0.5, 0.6) is 0 Å². The first-order valence-corrected chi connectivity index (χ1v) is 22.1. The number of fused-ring (bicyclic) bond motifs is 8. The average Bonchev–Trinajstić information content (AvgIpc) is 3.85. The van der Waals surface area contributed by atoms with Crippen molar-refractivity contribution in [2.45, 2.75) is 37.5 Å². The van der Waals surface area contributed by atoms with E-state index >= 15 is 0 Å². The Morgan fingerprint density at radius 3 is 1.69 bits per heavy atom. The first-order chi connectivity index (χ1) is 30.7. The summed E-state index contributed by atoms with van der Waals surface area (Å²) in [4.78, 5) is 2.48. The van der Waals surface area contributed by atoms with Crippen LogP contribution in [0.3, 0.4) is 0 Å². The van der Waals surface area contributed by atoms with Gasteiger partial charge in [-0.25, -0.2) is 0 Å². The molecule has 0 unspecified atom stereocenters. The fourth-order valence-corrected chi connectivity index (χ4v) is 10.9. The van der Waals surface area contributed by atoms with Crippen LogP contribution >= 0.6 is 0 Å². The molecule has 2 aliphatic rings. The van der Waals surface area contributed by atoms with Gasteiger partial charge in [0.1, 0.15) is 11.2 Å². The van der Waals surface area contributed by atoms with Crippen molar-refractivity contribution in [3.8, 4) is 55.6 Å². The Balaban J connectivity index is 1.03. The van der Waals surface area contributed by atoms with Gasteiger partial charge in [0, 0.05) is 33.1 Å². The van der Waals surface area contributed by atoms with Crippen LogP contribution in [0.15, 0.2) is 217 Å². The zero-order chi connectivity index (χ0) is 41.0. The van der Waals surface area contributed by atoms with Crippen LogP contribution in [0.4, 0.5) is 17.1 Å². The Morgan fingerprint density at radius 1 is 0.339 bits per heavy atom. The SMILES string of the molecule is c1ccc(-c2ccccc2-c2ccccc2-c2ccccc2N(c2ccc(-c3ccc4c(c3)oc3ccccc34)cc2)c2ccc3c(c2)-c2ccccc2C32CCCCC2)cc1. The van der Waals surface area contributed by atoms with Crippen LogP contribution in [-0.2, 0) is 5.41 Å². The van der Waals surface area contributed by atoms with Crippen molar-refractivity contribution in [1.82, 2.24) is 0 Å². The summed E-state index contributed by atoms with van der Waals surface area (Å²) in [6, 6.07) is 78.0. The molecule has 0 bridgehead atoms. The average molecular weight is 796 g/mol. The van der Waals surface area contributed by atoms with Crippen LogP contribution in [-0.4, -0.2) is 0 Å². The van der Waals surface area contributed by atoms with Gasteiger partial charge < -0.3 is 9.32 Å². The number of furan rings is 1. The van der Waals surface area contributed by atoms with E-state index < -0.39 is 0 Å². The van der Waals surface area contributed by atoms with E-state index in [0.29, 0.717) is 0 Å². The minimum absolute atomic E-state index is 0.0963. The van der Waals surface area contributed by atoms with Crippen molar-refractivity contribution in [3.05, 3.63) is 223 Å². The summed E-state index contributed by atoms with van der Waals surface area (Å²) in [5, 5.41) is 2.29. The third-order valence-corrected chi connectivity index (χ3v) is 13.7. The van der Waals surface area contributed by atoms with Gasteiger partial charge in [-0.15, -0.1) is 0 Å². The molecule has 1 aromatic heterocycles. The van der Waals surface area contributed by atoms with E-state index in [1.807, 2.05) is 12.1 Å². The van der Waals surface area contributed by atoms with Gasteiger partial charge in [0.05, 0.1) is 5.69 Å². The number of anilines is 3. The van der Waals surface area contributed by atoms with Crippen molar-refractivity contribution in [2.24, 2.45) is 0 Å². The molecule has 0 radical (unpaired) electrons. The van der Waals surface area contributed by atoms with Gasteiger partial charge in [-0.1, -0.05) is 183 Å². The van der Waals surface area contributed by atoms with Crippen LogP contribution in [0.2, 0.25) is 0 Å². The van der Waals surface area contributed by atoms with E-state index in [4.69, 9.17) is 4.42 Å². The summed E-state index contributed by atoms with van der Waals surface area (Å²) in [6.07, 6.45) is 6.30. The van der Waals surface area contributed by atoms with Crippen molar-refractivity contribution in [3.63, 3.8) is 0 Å². The second kappa shape index (κ2) is 14.9. The zero-order valence-electron chi connectivity index (χ0n) is 34.6. The van der Waals surface area contributed by atoms with Gasteiger partial charge in [0.15, 0.2) is 0 Å². The molecular formula is C60H45NO. The second-order valence-corrected chi connectivity index (χ2v) is 17.1. The van der Waals surface area contributed by atoms with E-state index in [0.717, 1.165) is 50.1 Å². The summed E-state index contributed by atoms with van der Waals surface area (Å²) in [7, 11) is 0. The minimum Gasteiger partial charge on any atom is -0.456 e. The first kappa shape index (κ1) is 36.4. The van der Waals surface area contributed by atoms with E-state index in [1.54, 1.807) is 0 Å². The van der Waals surface area contributed by atoms with E-state index in [-0.39, 0.29) is 5.41 Å². The van der Waals surface area contributed by atoms with Crippen LogP contribution in [0, 0.1) is 0 Å². The smallest absolute Gasteiger partial charge is 0.136 e. The molecule has 2 nitrogen and oxygen atoms in total. The highest BCUT2D eigenvalue weighted by Crippen LogP contribution is 2.57. The van der Waals surface area contributed by atoms with Gasteiger partial charge in [-0.05, 0) is 123 Å². The molecule has 1 fully saturated rings. The molecule has 1 saturated carbocycles. The maximum Gasteiger partial charge on any atom is 0.136 e. The lowest BCUT2D eigenvalue weighted by Crippen LogP contribution is -2.28. The molecule has 2 aliphatic carbocycles. The highest BCUT2D eigenvalue weighted by atomic mass is 16.3. The maximum absolute atomic E-state index is 6.32. The Kier molecular flexibility index (Phi) is 8.78. The fraction of sp³-hybridized carbons (Fsp3) is 0.100. The number of rotatable bonds is 7. The summed E-state index contributed by atoms with van der Waals surface area (Å²) in [5.74, 6) is 0. The molecule has 0 amide bonds. The Morgan fingerprint density at radius 2 is 0.903 bits per heavy atom. The molecule has 10 aromatic rings. The molecule has 12 rings (SSSR count). The molecule has 1 heterocycles. The van der Waals surface area contributed by atoms with Gasteiger partial charge >= 0.3 is 0 Å². The molecule has 0 aliphatic heterocycles. The lowest BCUT2D eigenvalue weighted by atomic mass is 9.68. The molecule has 1 spiro atoms. The molecule has 296 valence electrons. The molecule has 0 atom stereocenters. The molecule has 2 heteroatoms. The lowest BCUT2D eigenvalue weighted by molar-refractivity contribution is 0.353. The molecular weight excluding hydrogens is 751 g/mol. The lowest BCUT2D eigenvalue weighted by Gasteiger charge is -2.36. The standard InChI is InChI=1S/C60H45NO/c1-3-17-42(18-4-1)46-19-5-6-20-47(46)48-21-7-8-22-49(48)51-24-10-13-27-57(51)61(45-34-36-56-54(40-45)50-23-9-12-26-55(50)60(56)37-15-2-16-38-60)44-32-29-41(30-33-44)43-31-35-53-52-25-11-14-28-58(52)62-59(53)39-43/h1,3-14,17-36,39-40H,2,15-16,37-38H2. The van der Waals surface area contributed by atoms with Gasteiger partial charge in [0.25, 0.3) is 0 Å². The molecule has 9 aromatic carbocycles. The monoisotopic (exact) mass is 795 g/mol. The largest absolute Gasteiger partial charge is 0.456 e. The Labute approximate surface area is 363 Å². The summed E-state index contributed by atoms with van der Waals surface area (Å²) < 4.78 is 6.32. The van der Waals surface area contributed by atoms with E-state index in [2.05, 4.69) is 205 Å². The maximum atomic E-state index is 6.32. The normalized spacial score (nSPS) is 13.9. The summed E-state index contributed by atoms with van der Waals surface area (Å²) >= 11 is 0. The predicted molar refractivity (Wildman–Crippen MR) is 259 cm³/mol. The predicted octanol–water partition coefficient (Wildman–Crippen LogP) is 17.0. The van der Waals surface area contributed by atoms with Gasteiger partial charge in [-0.2, -0.15) is 0 Å². The Bertz CT molecular complexity index is 3280. The third kappa shape index (κ3) is 5.93. The second-order valence-electron chi connectivity index (χ2n) is 17.1. The van der Waals surface area contributed by atoms with Crippen molar-refractivity contribution in [1.29, 1.82) is 0 Å². The first-order valence-electron chi connectivity index (χ1n) is 22.1. The quantitative estimate of drug-likeness (QED) is 0.160. The minimum atomic E-state index is 0.0963. The fourth-order valence-electron chi connectivity index (χ4n) is 10.9. The Hall–Kier alpha value is -7.42. The van der Waals surface area contributed by atoms with Crippen LogP contribution in [0.1, 0.15) is 43.2 Å². The van der Waals surface area contributed by atoms with Crippen LogP contribution in [0.25, 0.3) is 77.6 Å². The zero-order valence-corrected chi connectivity index (χ0v) is 34.6. The molecule has 0 saturated heterocycles. The van der Waals surface area contributed by atoms with Gasteiger partial charge in [0.2, 0.25) is 0 Å². The number of hydrogen-bond donors (Lipinski definition) is 0. The van der Waals surface area contributed by atoms with Gasteiger partial charge in [-0.3, -0.25) is 0 Å². The van der Waals surface area contributed by atoms with E-state index in [1.165, 1.54) is 87.7 Å². The molecule has 62 heavy (non-hydrogen) atoms. The van der Waals surface area contributed by atoms with Crippen molar-refractivity contribution < 1.29 is 4.42 Å². The highest BCUT2D eigenvalue weighted by molar-refractivity contribution is 6.06.